The van der Waals surface area contributed by atoms with Crippen molar-refractivity contribution in [3.8, 4) is 5.75 Å². The molecule has 18 heavy (non-hydrogen) atoms. The Morgan fingerprint density at radius 1 is 1.50 bits per heavy atom. The maximum atomic E-state index is 10.7. The molecule has 0 bridgehead atoms. The Morgan fingerprint density at radius 2 is 2.28 bits per heavy atom. The van der Waals surface area contributed by atoms with E-state index in [0.29, 0.717) is 11.4 Å². The van der Waals surface area contributed by atoms with E-state index in [1.807, 2.05) is 19.3 Å². The van der Waals surface area contributed by atoms with Gasteiger partial charge in [0.2, 0.25) is 0 Å². The van der Waals surface area contributed by atoms with E-state index < -0.39 is 5.97 Å². The minimum atomic E-state index is -1.02. The van der Waals surface area contributed by atoms with Crippen LogP contribution in [-0.2, 0) is 13.7 Å². The third-order valence-electron chi connectivity index (χ3n) is 2.40. The molecule has 0 aliphatic heterocycles. The van der Waals surface area contributed by atoms with Crippen molar-refractivity contribution < 1.29 is 14.6 Å². The molecule has 1 aromatic carbocycles. The Kier molecular flexibility index (Phi) is 3.18. The Balaban J connectivity index is 2.08. The van der Waals surface area contributed by atoms with Crippen LogP contribution in [0, 0.1) is 0 Å². The minimum absolute atomic E-state index is 0.137. The van der Waals surface area contributed by atoms with E-state index >= 15 is 0 Å². The molecule has 6 nitrogen and oxygen atoms in total. The first-order chi connectivity index (χ1) is 8.56. The Morgan fingerprint density at radius 3 is 2.83 bits per heavy atom. The Bertz CT molecular complexity index is 578. The normalized spacial score (nSPS) is 10.3. The van der Waals surface area contributed by atoms with Gasteiger partial charge in [-0.2, -0.15) is 5.10 Å². The molecule has 6 heteroatoms. The summed E-state index contributed by atoms with van der Waals surface area (Å²) in [5, 5.41) is 13.0. The number of aryl methyl sites for hydroxylation is 1. The van der Waals surface area contributed by atoms with E-state index in [1.54, 1.807) is 10.7 Å². The van der Waals surface area contributed by atoms with Crippen LogP contribution in [0.2, 0.25) is 0 Å². The van der Waals surface area contributed by atoms with Crippen LogP contribution < -0.4 is 10.5 Å². The van der Waals surface area contributed by atoms with Gasteiger partial charge in [-0.1, -0.05) is 0 Å². The van der Waals surface area contributed by atoms with E-state index in [9.17, 15) is 4.79 Å². The molecular formula is C12H13N3O3. The smallest absolute Gasteiger partial charge is 0.335 e. The number of carbonyl (C=O) groups is 1. The largest absolute Gasteiger partial charge is 0.485 e. The van der Waals surface area contributed by atoms with Crippen molar-refractivity contribution in [1.82, 2.24) is 9.78 Å². The van der Waals surface area contributed by atoms with Gasteiger partial charge in [-0.05, 0) is 24.3 Å². The number of nitrogens with zero attached hydrogens (tertiary/aromatic N) is 2. The van der Waals surface area contributed by atoms with Crippen LogP contribution in [0.3, 0.4) is 0 Å². The SMILES string of the molecule is Cn1ccc(COc2ccc(C(=O)O)cc2N)n1. The van der Waals surface area contributed by atoms with Crippen LogP contribution in [0.5, 0.6) is 5.75 Å². The second kappa shape index (κ2) is 4.79. The molecule has 0 saturated heterocycles. The second-order valence-electron chi connectivity index (χ2n) is 3.83. The highest BCUT2D eigenvalue weighted by atomic mass is 16.5. The van der Waals surface area contributed by atoms with Crippen LogP contribution in [0.1, 0.15) is 16.1 Å². The van der Waals surface area contributed by atoms with Gasteiger partial charge in [0, 0.05) is 13.2 Å². The molecule has 0 radical (unpaired) electrons. The molecule has 1 heterocycles. The van der Waals surface area contributed by atoms with Gasteiger partial charge in [-0.15, -0.1) is 0 Å². The first kappa shape index (κ1) is 12.0. The number of aromatic nitrogens is 2. The predicted molar refractivity (Wildman–Crippen MR) is 65.4 cm³/mol. The van der Waals surface area contributed by atoms with E-state index in [-0.39, 0.29) is 12.2 Å². The van der Waals surface area contributed by atoms with Crippen molar-refractivity contribution in [3.63, 3.8) is 0 Å². The van der Waals surface area contributed by atoms with Crippen molar-refractivity contribution in [2.24, 2.45) is 7.05 Å². The van der Waals surface area contributed by atoms with Crippen LogP contribution in [0.4, 0.5) is 5.69 Å². The lowest BCUT2D eigenvalue weighted by Crippen LogP contribution is -2.02. The number of nitrogen functional groups attached to an aromatic ring is 1. The van der Waals surface area contributed by atoms with Gasteiger partial charge in [0.15, 0.2) is 0 Å². The topological polar surface area (TPSA) is 90.4 Å². The zero-order chi connectivity index (χ0) is 13.1. The van der Waals surface area contributed by atoms with Gasteiger partial charge in [-0.25, -0.2) is 4.79 Å². The summed E-state index contributed by atoms with van der Waals surface area (Å²) in [4.78, 5) is 10.7. The number of benzene rings is 1. The highest BCUT2D eigenvalue weighted by molar-refractivity contribution is 5.89. The molecule has 0 atom stereocenters. The number of rotatable bonds is 4. The average Bonchev–Trinajstić information content (AvgIpc) is 2.73. The molecule has 0 saturated carbocycles. The zero-order valence-electron chi connectivity index (χ0n) is 9.83. The molecule has 0 fully saturated rings. The fourth-order valence-corrected chi connectivity index (χ4v) is 1.50. The third kappa shape index (κ3) is 2.60. The van der Waals surface area contributed by atoms with Gasteiger partial charge in [-0.3, -0.25) is 4.68 Å². The highest BCUT2D eigenvalue weighted by Gasteiger charge is 2.07. The second-order valence-corrected chi connectivity index (χ2v) is 3.83. The molecule has 1 aromatic heterocycles. The molecular weight excluding hydrogens is 234 g/mol. The quantitative estimate of drug-likeness (QED) is 0.794. The number of carboxylic acid groups (broad SMARTS) is 1. The predicted octanol–water partition coefficient (Wildman–Crippen LogP) is 1.28. The first-order valence-corrected chi connectivity index (χ1v) is 5.30. The molecule has 0 aliphatic rings. The highest BCUT2D eigenvalue weighted by Crippen LogP contribution is 2.23. The van der Waals surface area contributed by atoms with Gasteiger partial charge in [0.05, 0.1) is 16.9 Å². The number of nitrogens with two attached hydrogens (primary N) is 1. The van der Waals surface area contributed by atoms with Crippen LogP contribution in [0.25, 0.3) is 0 Å². The Hall–Kier alpha value is -2.50. The summed E-state index contributed by atoms with van der Waals surface area (Å²) in [5.41, 5.74) is 6.93. The monoisotopic (exact) mass is 247 g/mol. The van der Waals surface area contributed by atoms with E-state index in [0.717, 1.165) is 5.69 Å². The molecule has 0 spiro atoms. The van der Waals surface area contributed by atoms with Gasteiger partial charge in [0.25, 0.3) is 0 Å². The van der Waals surface area contributed by atoms with Gasteiger partial charge < -0.3 is 15.6 Å². The van der Waals surface area contributed by atoms with Crippen molar-refractivity contribution in [1.29, 1.82) is 0 Å². The number of hydrogen-bond acceptors (Lipinski definition) is 4. The van der Waals surface area contributed by atoms with Crippen molar-refractivity contribution in [2.75, 3.05) is 5.73 Å². The van der Waals surface area contributed by atoms with Crippen LogP contribution in [-0.4, -0.2) is 20.9 Å². The van der Waals surface area contributed by atoms with Crippen molar-refractivity contribution in [3.05, 3.63) is 41.7 Å². The van der Waals surface area contributed by atoms with Gasteiger partial charge in [0.1, 0.15) is 12.4 Å². The van der Waals surface area contributed by atoms with Crippen LogP contribution >= 0.6 is 0 Å². The number of ether oxygens (including phenoxy) is 1. The number of anilines is 1. The minimum Gasteiger partial charge on any atom is -0.485 e. The maximum absolute atomic E-state index is 10.7. The summed E-state index contributed by atoms with van der Waals surface area (Å²) in [6.07, 6.45) is 1.82. The van der Waals surface area contributed by atoms with Gasteiger partial charge >= 0.3 is 5.97 Å². The first-order valence-electron chi connectivity index (χ1n) is 5.30. The lowest BCUT2D eigenvalue weighted by atomic mass is 10.2. The Labute approximate surface area is 104 Å². The van der Waals surface area contributed by atoms with Crippen LogP contribution in [0.15, 0.2) is 30.5 Å². The molecule has 2 aromatic rings. The molecule has 0 unspecified atom stereocenters. The summed E-state index contributed by atoms with van der Waals surface area (Å²) < 4.78 is 7.15. The average molecular weight is 247 g/mol. The fourth-order valence-electron chi connectivity index (χ4n) is 1.50. The fraction of sp³-hybridized carbons (Fsp3) is 0.167. The lowest BCUT2D eigenvalue weighted by molar-refractivity contribution is 0.0697. The molecule has 3 N–H and O–H groups in total. The summed E-state index contributed by atoms with van der Waals surface area (Å²) in [5.74, 6) is -0.566. The van der Waals surface area contributed by atoms with Crippen molar-refractivity contribution >= 4 is 11.7 Å². The molecule has 94 valence electrons. The number of aromatic carboxylic acids is 1. The molecule has 0 aliphatic carbocycles. The summed E-state index contributed by atoms with van der Waals surface area (Å²) in [7, 11) is 1.82. The standard InChI is InChI=1S/C12H13N3O3/c1-15-5-4-9(14-15)7-18-11-3-2-8(12(16)17)6-10(11)13/h2-6H,7,13H2,1H3,(H,16,17). The van der Waals surface area contributed by atoms with E-state index in [1.165, 1.54) is 12.1 Å². The molecule has 0 amide bonds. The number of carboxylic acids is 1. The van der Waals surface area contributed by atoms with E-state index in [2.05, 4.69) is 5.10 Å². The van der Waals surface area contributed by atoms with Crippen molar-refractivity contribution in [2.45, 2.75) is 6.61 Å². The molecule has 2 rings (SSSR count). The summed E-state index contributed by atoms with van der Waals surface area (Å²) in [6, 6.07) is 6.20. The van der Waals surface area contributed by atoms with E-state index in [4.69, 9.17) is 15.6 Å². The summed E-state index contributed by atoms with van der Waals surface area (Å²) >= 11 is 0. The number of hydrogen-bond donors (Lipinski definition) is 2. The third-order valence-corrected chi connectivity index (χ3v) is 2.40. The maximum Gasteiger partial charge on any atom is 0.335 e. The lowest BCUT2D eigenvalue weighted by Gasteiger charge is -2.08. The summed E-state index contributed by atoms with van der Waals surface area (Å²) in [6.45, 7) is 0.289. The zero-order valence-corrected chi connectivity index (χ0v) is 9.83.